The molecule has 2 heterocycles. The second kappa shape index (κ2) is 5.46. The summed E-state index contributed by atoms with van der Waals surface area (Å²) in [5.74, 6) is -0.668. The largest absolute Gasteiger partial charge is 0.475 e. The van der Waals surface area contributed by atoms with Crippen molar-refractivity contribution in [2.45, 2.75) is 19.6 Å². The fraction of sp³-hybridized carbons (Fsp3) is 0.231. The zero-order valence-corrected chi connectivity index (χ0v) is 9.87. The van der Waals surface area contributed by atoms with Crippen molar-refractivity contribution in [1.82, 2.24) is 4.98 Å². The van der Waals surface area contributed by atoms with E-state index in [-0.39, 0.29) is 11.9 Å². The number of hydrogen-bond acceptors (Lipinski definition) is 4. The average Bonchev–Trinajstić information content (AvgIpc) is 2.87. The van der Waals surface area contributed by atoms with E-state index in [1.54, 1.807) is 25.4 Å². The van der Waals surface area contributed by atoms with Crippen molar-refractivity contribution in [3.8, 4) is 0 Å². The molecule has 0 aliphatic carbocycles. The van der Waals surface area contributed by atoms with Crippen LogP contribution in [-0.4, -0.2) is 16.1 Å². The highest BCUT2D eigenvalue weighted by atomic mass is 16.5. The number of aromatic carboxylic acids is 1. The van der Waals surface area contributed by atoms with E-state index in [2.05, 4.69) is 4.98 Å². The summed E-state index contributed by atoms with van der Waals surface area (Å²) in [4.78, 5) is 14.7. The van der Waals surface area contributed by atoms with E-state index in [0.717, 1.165) is 5.56 Å². The Morgan fingerprint density at radius 1 is 1.50 bits per heavy atom. The number of furan rings is 1. The summed E-state index contributed by atoms with van der Waals surface area (Å²) in [5.41, 5.74) is 0.953. The lowest BCUT2D eigenvalue weighted by molar-refractivity contribution is 0.0359. The highest BCUT2D eigenvalue weighted by molar-refractivity contribution is 5.84. The van der Waals surface area contributed by atoms with Crippen molar-refractivity contribution < 1.29 is 19.1 Å². The number of aromatic nitrogens is 1. The maximum atomic E-state index is 10.7. The van der Waals surface area contributed by atoms with Gasteiger partial charge in [0.05, 0.1) is 6.61 Å². The Morgan fingerprint density at radius 2 is 2.33 bits per heavy atom. The Balaban J connectivity index is 1.95. The van der Waals surface area contributed by atoms with Crippen LogP contribution >= 0.6 is 0 Å². The molecule has 0 saturated carbocycles. The van der Waals surface area contributed by atoms with Gasteiger partial charge in [-0.15, -0.1) is 0 Å². The topological polar surface area (TPSA) is 72.6 Å². The number of pyridine rings is 1. The number of hydrogen-bond donors (Lipinski definition) is 1. The number of carboxylic acid groups (broad SMARTS) is 1. The molecule has 0 radical (unpaired) electrons. The molecule has 2 aromatic rings. The van der Waals surface area contributed by atoms with Gasteiger partial charge in [0, 0.05) is 12.4 Å². The molecule has 1 unspecified atom stereocenters. The molecule has 2 rings (SSSR count). The van der Waals surface area contributed by atoms with E-state index >= 15 is 0 Å². The molecule has 1 N–H and O–H groups in total. The molecule has 0 bridgehead atoms. The number of nitrogens with zero attached hydrogens (tertiary/aromatic N) is 1. The van der Waals surface area contributed by atoms with Crippen molar-refractivity contribution in [3.05, 3.63) is 53.7 Å². The minimum Gasteiger partial charge on any atom is -0.475 e. The van der Waals surface area contributed by atoms with Crippen LogP contribution in [0.25, 0.3) is 0 Å². The van der Waals surface area contributed by atoms with Gasteiger partial charge in [0.2, 0.25) is 5.76 Å². The van der Waals surface area contributed by atoms with Crippen LogP contribution < -0.4 is 0 Å². The van der Waals surface area contributed by atoms with E-state index < -0.39 is 5.97 Å². The molecule has 0 aliphatic heterocycles. The lowest BCUT2D eigenvalue weighted by Crippen LogP contribution is -2.00. The number of rotatable bonds is 5. The normalized spacial score (nSPS) is 12.3. The monoisotopic (exact) mass is 247 g/mol. The zero-order chi connectivity index (χ0) is 13.0. The van der Waals surface area contributed by atoms with E-state index in [4.69, 9.17) is 14.3 Å². The summed E-state index contributed by atoms with van der Waals surface area (Å²) in [6, 6.07) is 6.77. The third-order valence-electron chi connectivity index (χ3n) is 2.46. The molecule has 0 fully saturated rings. The van der Waals surface area contributed by atoms with Gasteiger partial charge in [-0.3, -0.25) is 4.98 Å². The van der Waals surface area contributed by atoms with Crippen LogP contribution in [0.3, 0.4) is 0 Å². The van der Waals surface area contributed by atoms with Gasteiger partial charge in [-0.2, -0.15) is 0 Å². The summed E-state index contributed by atoms with van der Waals surface area (Å²) < 4.78 is 10.7. The average molecular weight is 247 g/mol. The molecule has 0 spiro atoms. The van der Waals surface area contributed by atoms with Gasteiger partial charge in [-0.25, -0.2) is 4.79 Å². The molecular formula is C13H13NO4. The van der Waals surface area contributed by atoms with E-state index in [9.17, 15) is 4.79 Å². The third kappa shape index (κ3) is 2.95. The number of carbonyl (C=O) groups is 1. The molecule has 0 saturated heterocycles. The van der Waals surface area contributed by atoms with Crippen molar-refractivity contribution in [1.29, 1.82) is 0 Å². The number of ether oxygens (including phenoxy) is 1. The lowest BCUT2D eigenvalue weighted by atomic mass is 10.3. The summed E-state index contributed by atoms with van der Waals surface area (Å²) in [5, 5.41) is 8.75. The van der Waals surface area contributed by atoms with Gasteiger partial charge in [0.25, 0.3) is 0 Å². The van der Waals surface area contributed by atoms with E-state index in [1.165, 1.54) is 6.07 Å². The van der Waals surface area contributed by atoms with Gasteiger partial charge >= 0.3 is 5.97 Å². The second-order valence-electron chi connectivity index (χ2n) is 3.82. The summed E-state index contributed by atoms with van der Waals surface area (Å²) in [7, 11) is 0. The van der Waals surface area contributed by atoms with Gasteiger partial charge in [0.15, 0.2) is 0 Å². The predicted octanol–water partition coefficient (Wildman–Crippen LogP) is 2.65. The SMILES string of the molecule is CC(OCc1cccnc1)c1ccc(C(=O)O)o1. The quantitative estimate of drug-likeness (QED) is 0.879. The molecule has 0 amide bonds. The molecule has 18 heavy (non-hydrogen) atoms. The van der Waals surface area contributed by atoms with Gasteiger partial charge in [-0.1, -0.05) is 6.07 Å². The van der Waals surface area contributed by atoms with Gasteiger partial charge in [0.1, 0.15) is 11.9 Å². The highest BCUT2D eigenvalue weighted by Crippen LogP contribution is 2.20. The highest BCUT2D eigenvalue weighted by Gasteiger charge is 2.14. The molecule has 5 nitrogen and oxygen atoms in total. The Kier molecular flexibility index (Phi) is 3.74. The first kappa shape index (κ1) is 12.3. The Labute approximate surface area is 104 Å². The summed E-state index contributed by atoms with van der Waals surface area (Å²) in [6.07, 6.45) is 3.11. The van der Waals surface area contributed by atoms with Crippen LogP contribution in [0.5, 0.6) is 0 Å². The molecule has 1 atom stereocenters. The third-order valence-corrected chi connectivity index (χ3v) is 2.46. The smallest absolute Gasteiger partial charge is 0.371 e. The second-order valence-corrected chi connectivity index (χ2v) is 3.82. The first-order chi connectivity index (χ1) is 8.66. The first-order valence-corrected chi connectivity index (χ1v) is 5.50. The first-order valence-electron chi connectivity index (χ1n) is 5.50. The van der Waals surface area contributed by atoms with Crippen LogP contribution in [0.2, 0.25) is 0 Å². The van der Waals surface area contributed by atoms with Crippen LogP contribution in [-0.2, 0) is 11.3 Å². The van der Waals surface area contributed by atoms with Crippen LogP contribution in [0, 0.1) is 0 Å². The van der Waals surface area contributed by atoms with Crippen LogP contribution in [0.1, 0.15) is 34.9 Å². The van der Waals surface area contributed by atoms with Gasteiger partial charge < -0.3 is 14.3 Å². The zero-order valence-electron chi connectivity index (χ0n) is 9.87. The maximum Gasteiger partial charge on any atom is 0.371 e. The summed E-state index contributed by atoms with van der Waals surface area (Å²) in [6.45, 7) is 2.21. The van der Waals surface area contributed by atoms with Crippen molar-refractivity contribution in [2.24, 2.45) is 0 Å². The summed E-state index contributed by atoms with van der Waals surface area (Å²) >= 11 is 0. The van der Waals surface area contributed by atoms with E-state index in [1.807, 2.05) is 12.1 Å². The Hall–Kier alpha value is -2.14. The fourth-order valence-electron chi connectivity index (χ4n) is 1.47. The van der Waals surface area contributed by atoms with Crippen LogP contribution in [0.4, 0.5) is 0 Å². The lowest BCUT2D eigenvalue weighted by Gasteiger charge is -2.10. The van der Waals surface area contributed by atoms with Crippen molar-refractivity contribution in [3.63, 3.8) is 0 Å². The fourth-order valence-corrected chi connectivity index (χ4v) is 1.47. The standard InChI is InChI=1S/C13H13NO4/c1-9(11-4-5-12(18-11)13(15)16)17-8-10-3-2-6-14-7-10/h2-7,9H,8H2,1H3,(H,15,16). The molecular weight excluding hydrogens is 234 g/mol. The maximum absolute atomic E-state index is 10.7. The molecule has 5 heteroatoms. The molecule has 0 aliphatic rings. The molecule has 94 valence electrons. The minimum atomic E-state index is -1.08. The molecule has 0 aromatic carbocycles. The Bertz CT molecular complexity index is 521. The van der Waals surface area contributed by atoms with Gasteiger partial charge in [-0.05, 0) is 30.7 Å². The van der Waals surface area contributed by atoms with Crippen LogP contribution in [0.15, 0.2) is 41.1 Å². The molecule has 2 aromatic heterocycles. The van der Waals surface area contributed by atoms with Crippen molar-refractivity contribution in [2.75, 3.05) is 0 Å². The van der Waals surface area contributed by atoms with Crippen molar-refractivity contribution >= 4 is 5.97 Å². The Morgan fingerprint density at radius 3 is 2.94 bits per heavy atom. The number of carboxylic acids is 1. The predicted molar refractivity (Wildman–Crippen MR) is 63.1 cm³/mol. The van der Waals surface area contributed by atoms with E-state index in [0.29, 0.717) is 12.4 Å². The minimum absolute atomic E-state index is 0.0816.